The maximum absolute atomic E-state index is 5.93. The molecule has 2 aromatic heterocycles. The van der Waals surface area contributed by atoms with Crippen molar-refractivity contribution in [1.82, 2.24) is 9.97 Å². The zero-order chi connectivity index (χ0) is 13.8. The summed E-state index contributed by atoms with van der Waals surface area (Å²) >= 11 is 0. The van der Waals surface area contributed by atoms with Gasteiger partial charge in [-0.25, -0.2) is 14.7 Å². The van der Waals surface area contributed by atoms with Crippen LogP contribution in [0.15, 0.2) is 18.5 Å². The third kappa shape index (κ3) is 1.73. The van der Waals surface area contributed by atoms with E-state index in [0.717, 1.165) is 22.3 Å². The van der Waals surface area contributed by atoms with Crippen LogP contribution in [-0.4, -0.2) is 21.2 Å². The molecule has 0 atom stereocenters. The average Bonchev–Trinajstić information content (AvgIpc) is 2.80. The van der Waals surface area contributed by atoms with Crippen LogP contribution in [0.4, 0.5) is 5.69 Å². The first-order valence-corrected chi connectivity index (χ1v) is 6.43. The molecule has 0 aromatic carbocycles. The highest BCUT2D eigenvalue weighted by molar-refractivity contribution is 5.92. The smallest absolute Gasteiger partial charge is 0.139 e. The van der Waals surface area contributed by atoms with Gasteiger partial charge in [-0.05, 0) is 46.2 Å². The van der Waals surface area contributed by atoms with Crippen molar-refractivity contribution in [3.63, 3.8) is 0 Å². The van der Waals surface area contributed by atoms with E-state index in [9.17, 15) is 0 Å². The summed E-state index contributed by atoms with van der Waals surface area (Å²) in [5, 5.41) is 2.53. The maximum Gasteiger partial charge on any atom is 0.139 e. The molecule has 0 spiro atoms. The second-order valence-corrected chi connectivity index (χ2v) is 5.99. The van der Waals surface area contributed by atoms with E-state index in [1.54, 1.807) is 6.20 Å². The quantitative estimate of drug-likeness (QED) is 0.857. The predicted molar refractivity (Wildman–Crippen MR) is 73.6 cm³/mol. The number of fused-ring (bicyclic) bond motifs is 1. The summed E-state index contributed by atoms with van der Waals surface area (Å²) in [5.41, 5.74) is 2.04. The number of aryl methyl sites for hydroxylation is 1. The van der Waals surface area contributed by atoms with E-state index in [0.29, 0.717) is 0 Å². The summed E-state index contributed by atoms with van der Waals surface area (Å²) < 4.78 is 0. The Labute approximate surface area is 112 Å². The van der Waals surface area contributed by atoms with Gasteiger partial charge in [0.05, 0.1) is 5.39 Å². The van der Waals surface area contributed by atoms with Gasteiger partial charge in [0.15, 0.2) is 0 Å². The van der Waals surface area contributed by atoms with Gasteiger partial charge < -0.3 is 4.98 Å². The summed E-state index contributed by atoms with van der Waals surface area (Å²) in [4.78, 5) is 19.3. The molecule has 19 heavy (non-hydrogen) atoms. The Morgan fingerprint density at radius 1 is 1.16 bits per heavy atom. The Morgan fingerprint density at radius 2 is 1.79 bits per heavy atom. The molecular formula is C14H19N3O2. The lowest BCUT2D eigenvalue weighted by Gasteiger charge is -2.26. The second kappa shape index (κ2) is 3.71. The maximum atomic E-state index is 5.93. The number of aromatic amines is 1. The van der Waals surface area contributed by atoms with Gasteiger partial charge in [0.1, 0.15) is 22.5 Å². The molecule has 2 aromatic rings. The number of hydrogen-bond acceptors (Lipinski definition) is 4. The second-order valence-electron chi connectivity index (χ2n) is 5.99. The SMILES string of the molecule is Cc1ccnc2[nH]cc(N3OC(C)(C)C(C)(C)O3)c12. The minimum Gasteiger partial charge on any atom is -0.344 e. The Morgan fingerprint density at radius 3 is 2.42 bits per heavy atom. The Kier molecular flexibility index (Phi) is 2.43. The molecule has 3 heterocycles. The number of rotatable bonds is 1. The normalized spacial score (nSPS) is 21.2. The predicted octanol–water partition coefficient (Wildman–Crippen LogP) is 3.11. The molecule has 0 saturated carbocycles. The van der Waals surface area contributed by atoms with Crippen LogP contribution >= 0.6 is 0 Å². The van der Waals surface area contributed by atoms with E-state index < -0.39 is 11.2 Å². The highest BCUT2D eigenvalue weighted by atomic mass is 17.0. The summed E-state index contributed by atoms with van der Waals surface area (Å²) in [6, 6.07) is 1.98. The van der Waals surface area contributed by atoms with Crippen molar-refractivity contribution < 1.29 is 9.68 Å². The Balaban J connectivity index is 2.08. The molecule has 1 fully saturated rings. The van der Waals surface area contributed by atoms with Crippen molar-refractivity contribution in [1.29, 1.82) is 0 Å². The molecule has 0 aliphatic carbocycles. The first kappa shape index (κ1) is 12.4. The third-order valence-corrected chi connectivity index (χ3v) is 4.03. The molecule has 1 saturated heterocycles. The van der Waals surface area contributed by atoms with Gasteiger partial charge in [-0.2, -0.15) is 0 Å². The molecule has 102 valence electrons. The Bertz CT molecular complexity index is 615. The largest absolute Gasteiger partial charge is 0.344 e. The number of hydrogen-bond donors (Lipinski definition) is 1. The first-order valence-electron chi connectivity index (χ1n) is 6.43. The van der Waals surface area contributed by atoms with Gasteiger partial charge in [0.2, 0.25) is 0 Å². The molecular weight excluding hydrogens is 242 g/mol. The standard InChI is InChI=1S/C14H19N3O2/c1-9-6-7-15-12-11(9)10(8-16-12)17-18-13(2,3)14(4,5)19-17/h6-8H,1-5H3,(H,15,16). The van der Waals surface area contributed by atoms with Crippen molar-refractivity contribution in [3.05, 3.63) is 24.0 Å². The molecule has 0 radical (unpaired) electrons. The van der Waals surface area contributed by atoms with E-state index in [1.807, 2.05) is 46.9 Å². The van der Waals surface area contributed by atoms with E-state index in [4.69, 9.17) is 9.68 Å². The fraction of sp³-hybridized carbons (Fsp3) is 0.500. The van der Waals surface area contributed by atoms with Crippen molar-refractivity contribution in [2.75, 3.05) is 5.23 Å². The summed E-state index contributed by atoms with van der Waals surface area (Å²) in [6.45, 7) is 10.1. The van der Waals surface area contributed by atoms with Gasteiger partial charge >= 0.3 is 0 Å². The molecule has 0 bridgehead atoms. The van der Waals surface area contributed by atoms with Crippen LogP contribution in [0.5, 0.6) is 0 Å². The molecule has 0 amide bonds. The lowest BCUT2D eigenvalue weighted by atomic mass is 9.90. The van der Waals surface area contributed by atoms with E-state index in [1.165, 1.54) is 5.23 Å². The number of pyridine rings is 1. The molecule has 1 aliphatic heterocycles. The number of anilines is 1. The topological polar surface area (TPSA) is 50.4 Å². The van der Waals surface area contributed by atoms with E-state index in [-0.39, 0.29) is 0 Å². The van der Waals surface area contributed by atoms with Gasteiger partial charge in [-0.15, -0.1) is 5.23 Å². The average molecular weight is 261 g/mol. The number of H-pyrrole nitrogens is 1. The fourth-order valence-electron chi connectivity index (χ4n) is 2.10. The minimum absolute atomic E-state index is 0.396. The zero-order valence-corrected chi connectivity index (χ0v) is 11.9. The molecule has 5 nitrogen and oxygen atoms in total. The van der Waals surface area contributed by atoms with Gasteiger partial charge in [-0.1, -0.05) is 0 Å². The van der Waals surface area contributed by atoms with Crippen molar-refractivity contribution in [2.24, 2.45) is 0 Å². The van der Waals surface area contributed by atoms with Crippen molar-refractivity contribution in [3.8, 4) is 0 Å². The fourth-order valence-corrected chi connectivity index (χ4v) is 2.10. The van der Waals surface area contributed by atoms with E-state index >= 15 is 0 Å². The van der Waals surface area contributed by atoms with Crippen LogP contribution in [0.1, 0.15) is 33.3 Å². The molecule has 5 heteroatoms. The zero-order valence-electron chi connectivity index (χ0n) is 11.9. The van der Waals surface area contributed by atoms with Gasteiger partial charge in [0.25, 0.3) is 0 Å². The molecule has 1 N–H and O–H groups in total. The van der Waals surface area contributed by atoms with Crippen molar-refractivity contribution >= 4 is 16.7 Å². The van der Waals surface area contributed by atoms with E-state index in [2.05, 4.69) is 9.97 Å². The highest BCUT2D eigenvalue weighted by Gasteiger charge is 2.50. The number of aromatic nitrogens is 2. The van der Waals surface area contributed by atoms with Crippen LogP contribution in [-0.2, 0) is 9.68 Å². The molecule has 3 rings (SSSR count). The van der Waals surface area contributed by atoms with Crippen molar-refractivity contribution in [2.45, 2.75) is 45.8 Å². The van der Waals surface area contributed by atoms with Crippen LogP contribution in [0.25, 0.3) is 11.0 Å². The summed E-state index contributed by atoms with van der Waals surface area (Å²) in [6.07, 6.45) is 3.65. The monoisotopic (exact) mass is 261 g/mol. The van der Waals surface area contributed by atoms with Crippen LogP contribution in [0.2, 0.25) is 0 Å². The Hall–Kier alpha value is -1.59. The van der Waals surface area contributed by atoms with Crippen LogP contribution in [0, 0.1) is 6.92 Å². The molecule has 0 unspecified atom stereocenters. The van der Waals surface area contributed by atoms with Crippen LogP contribution < -0.4 is 5.23 Å². The number of nitrogens with one attached hydrogen (secondary N) is 1. The van der Waals surface area contributed by atoms with Gasteiger partial charge in [0, 0.05) is 12.4 Å². The lowest BCUT2D eigenvalue weighted by molar-refractivity contribution is -0.0266. The van der Waals surface area contributed by atoms with Gasteiger partial charge in [-0.3, -0.25) is 0 Å². The van der Waals surface area contributed by atoms with Crippen LogP contribution in [0.3, 0.4) is 0 Å². The third-order valence-electron chi connectivity index (χ3n) is 4.03. The first-order chi connectivity index (χ1) is 8.82. The molecule has 1 aliphatic rings. The number of nitrogens with zero attached hydrogens (tertiary/aromatic N) is 2. The minimum atomic E-state index is -0.396. The lowest BCUT2D eigenvalue weighted by Crippen LogP contribution is -2.41. The highest BCUT2D eigenvalue weighted by Crippen LogP contribution is 2.42. The summed E-state index contributed by atoms with van der Waals surface area (Å²) in [5.74, 6) is 0. The summed E-state index contributed by atoms with van der Waals surface area (Å²) in [7, 11) is 0.